The van der Waals surface area contributed by atoms with Crippen molar-refractivity contribution in [3.8, 4) is 0 Å². The molecule has 0 fully saturated rings. The Bertz CT molecular complexity index is 708. The van der Waals surface area contributed by atoms with Crippen LogP contribution in [0.5, 0.6) is 0 Å². The summed E-state index contributed by atoms with van der Waals surface area (Å²) in [6, 6.07) is 12.9. The summed E-state index contributed by atoms with van der Waals surface area (Å²) >= 11 is 0. The molecule has 0 aliphatic heterocycles. The molecule has 1 nitrogen and oxygen atoms in total. The molecule has 0 saturated heterocycles. The maximum atomic E-state index is 14.4. The highest BCUT2D eigenvalue weighted by molar-refractivity contribution is 7.78. The van der Waals surface area contributed by atoms with Gasteiger partial charge in [0.1, 0.15) is 7.14 Å². The molecule has 1 atom stereocenters. The van der Waals surface area contributed by atoms with Crippen LogP contribution in [-0.2, 0) is 4.57 Å². The molecule has 0 amide bonds. The van der Waals surface area contributed by atoms with E-state index in [1.165, 1.54) is 28.7 Å². The fourth-order valence-electron chi connectivity index (χ4n) is 4.05. The molecule has 0 aliphatic rings. The Hall–Kier alpha value is -1.33. The summed E-state index contributed by atoms with van der Waals surface area (Å²) in [5.74, 6) is 1.28. The molecule has 0 saturated carbocycles. The summed E-state index contributed by atoms with van der Waals surface area (Å²) in [6.07, 6.45) is 2.96. The first-order chi connectivity index (χ1) is 12.1. The summed E-state index contributed by atoms with van der Waals surface area (Å²) in [5, 5.41) is 2.05. The Morgan fingerprint density at radius 3 is 1.46 bits per heavy atom. The maximum Gasteiger partial charge on any atom is 0.143 e. The van der Waals surface area contributed by atoms with Crippen molar-refractivity contribution in [2.75, 3.05) is 6.16 Å². The summed E-state index contributed by atoms with van der Waals surface area (Å²) < 4.78 is 14.4. The van der Waals surface area contributed by atoms with Crippen LogP contribution in [0.15, 0.2) is 36.4 Å². The third-order valence-electron chi connectivity index (χ3n) is 5.06. The van der Waals surface area contributed by atoms with Gasteiger partial charge in [0.25, 0.3) is 0 Å². The Balaban J connectivity index is 2.48. The van der Waals surface area contributed by atoms with E-state index in [1.54, 1.807) is 0 Å². The van der Waals surface area contributed by atoms with Crippen LogP contribution in [0.4, 0.5) is 0 Å². The van der Waals surface area contributed by atoms with Crippen molar-refractivity contribution in [3.63, 3.8) is 0 Å². The van der Waals surface area contributed by atoms with Gasteiger partial charge in [0.05, 0.1) is 0 Å². The molecule has 26 heavy (non-hydrogen) atoms. The standard InChI is InChI=1S/C24H35OP/c1-17(2)10-18(3)8-9-26(25,23-13-19(4)11-20(5)14-23)24-15-21(6)12-22(7)16-24/h11-18H,8-10H2,1-7H3. The van der Waals surface area contributed by atoms with Gasteiger partial charge in [-0.3, -0.25) is 0 Å². The Labute approximate surface area is 160 Å². The van der Waals surface area contributed by atoms with Crippen molar-refractivity contribution in [2.24, 2.45) is 11.8 Å². The summed E-state index contributed by atoms with van der Waals surface area (Å²) in [6.45, 7) is 15.2. The molecule has 0 bridgehead atoms. The first-order valence-corrected chi connectivity index (χ1v) is 11.8. The number of benzene rings is 2. The normalized spacial score (nSPS) is 13.2. The third-order valence-corrected chi connectivity index (χ3v) is 8.13. The minimum absolute atomic E-state index is 0.597. The summed E-state index contributed by atoms with van der Waals surface area (Å²) in [7, 11) is -2.63. The van der Waals surface area contributed by atoms with Crippen molar-refractivity contribution in [1.82, 2.24) is 0 Å². The molecular weight excluding hydrogens is 335 g/mol. The summed E-state index contributed by atoms with van der Waals surface area (Å²) in [5.41, 5.74) is 4.78. The zero-order valence-electron chi connectivity index (χ0n) is 17.6. The lowest BCUT2D eigenvalue weighted by Crippen LogP contribution is -2.21. The topological polar surface area (TPSA) is 17.1 Å². The third kappa shape index (κ3) is 5.34. The van der Waals surface area contributed by atoms with Crippen molar-refractivity contribution >= 4 is 17.8 Å². The monoisotopic (exact) mass is 370 g/mol. The van der Waals surface area contributed by atoms with Crippen LogP contribution >= 0.6 is 7.14 Å². The van der Waals surface area contributed by atoms with Gasteiger partial charge in [-0.2, -0.15) is 0 Å². The van der Waals surface area contributed by atoms with E-state index >= 15 is 0 Å². The minimum atomic E-state index is -2.63. The van der Waals surface area contributed by atoms with Gasteiger partial charge in [-0.15, -0.1) is 0 Å². The van der Waals surface area contributed by atoms with Crippen LogP contribution in [-0.4, -0.2) is 6.16 Å². The second-order valence-electron chi connectivity index (χ2n) is 8.68. The Morgan fingerprint density at radius 2 is 1.12 bits per heavy atom. The molecule has 2 heteroatoms. The van der Waals surface area contributed by atoms with Crippen LogP contribution in [0.1, 0.15) is 55.9 Å². The summed E-state index contributed by atoms with van der Waals surface area (Å²) in [4.78, 5) is 0. The van der Waals surface area contributed by atoms with E-state index in [1.807, 2.05) is 0 Å². The van der Waals surface area contributed by atoms with Gasteiger partial charge < -0.3 is 4.57 Å². The second-order valence-corrected chi connectivity index (χ2v) is 11.6. The van der Waals surface area contributed by atoms with E-state index in [0.717, 1.165) is 23.2 Å². The van der Waals surface area contributed by atoms with Crippen molar-refractivity contribution in [3.05, 3.63) is 58.7 Å². The maximum absolute atomic E-state index is 14.4. The Kier molecular flexibility index (Phi) is 6.92. The average molecular weight is 371 g/mol. The second kappa shape index (κ2) is 8.57. The quantitative estimate of drug-likeness (QED) is 0.522. The lowest BCUT2D eigenvalue weighted by Gasteiger charge is -2.23. The highest BCUT2D eigenvalue weighted by Gasteiger charge is 2.28. The van der Waals surface area contributed by atoms with Gasteiger partial charge in [0.15, 0.2) is 0 Å². The molecule has 0 heterocycles. The van der Waals surface area contributed by atoms with E-state index in [-0.39, 0.29) is 0 Å². The van der Waals surface area contributed by atoms with E-state index < -0.39 is 7.14 Å². The zero-order chi connectivity index (χ0) is 19.5. The predicted octanol–water partition coefficient (Wildman–Crippen LogP) is 6.31. The van der Waals surface area contributed by atoms with Gasteiger partial charge in [-0.05, 0) is 76.6 Å². The van der Waals surface area contributed by atoms with E-state index in [4.69, 9.17) is 0 Å². The average Bonchev–Trinajstić information content (AvgIpc) is 2.50. The first-order valence-electron chi connectivity index (χ1n) is 9.87. The van der Waals surface area contributed by atoms with Crippen molar-refractivity contribution in [1.29, 1.82) is 0 Å². The van der Waals surface area contributed by atoms with Gasteiger partial charge in [-0.1, -0.05) is 55.2 Å². The fourth-order valence-corrected chi connectivity index (χ4v) is 7.32. The van der Waals surface area contributed by atoms with E-state index in [0.29, 0.717) is 11.8 Å². The Morgan fingerprint density at radius 1 is 0.731 bits per heavy atom. The molecule has 1 unspecified atom stereocenters. The zero-order valence-corrected chi connectivity index (χ0v) is 18.5. The number of hydrogen-bond acceptors (Lipinski definition) is 1. The lowest BCUT2D eigenvalue weighted by atomic mass is 9.97. The van der Waals surface area contributed by atoms with Crippen molar-refractivity contribution in [2.45, 2.75) is 61.3 Å². The largest absolute Gasteiger partial charge is 0.314 e. The van der Waals surface area contributed by atoms with Gasteiger partial charge in [0, 0.05) is 16.8 Å². The number of rotatable bonds is 7. The van der Waals surface area contributed by atoms with Crippen molar-refractivity contribution < 1.29 is 4.57 Å². The lowest BCUT2D eigenvalue weighted by molar-refractivity contribution is 0.428. The molecular formula is C24H35OP. The molecule has 2 rings (SSSR count). The molecule has 0 spiro atoms. The fraction of sp³-hybridized carbons (Fsp3) is 0.500. The molecule has 0 aliphatic carbocycles. The van der Waals surface area contributed by atoms with Gasteiger partial charge in [0.2, 0.25) is 0 Å². The highest BCUT2D eigenvalue weighted by Crippen LogP contribution is 2.45. The van der Waals surface area contributed by atoms with Crippen LogP contribution < -0.4 is 10.6 Å². The molecule has 0 N–H and O–H groups in total. The minimum Gasteiger partial charge on any atom is -0.314 e. The number of aryl methyl sites for hydroxylation is 4. The molecule has 0 radical (unpaired) electrons. The highest BCUT2D eigenvalue weighted by atomic mass is 31.2. The van der Waals surface area contributed by atoms with Gasteiger partial charge >= 0.3 is 0 Å². The smallest absolute Gasteiger partial charge is 0.143 e. The van der Waals surface area contributed by atoms with Crippen LogP contribution in [0.2, 0.25) is 0 Å². The first kappa shape index (κ1) is 21.0. The van der Waals surface area contributed by atoms with Gasteiger partial charge in [-0.25, -0.2) is 0 Å². The van der Waals surface area contributed by atoms with Crippen LogP contribution in [0, 0.1) is 39.5 Å². The van der Waals surface area contributed by atoms with E-state index in [9.17, 15) is 4.57 Å². The molecule has 0 aromatic heterocycles. The number of hydrogen-bond donors (Lipinski definition) is 0. The molecule has 2 aromatic carbocycles. The SMILES string of the molecule is Cc1cc(C)cc(P(=O)(CCC(C)CC(C)C)c2cc(C)cc(C)c2)c1. The van der Waals surface area contributed by atoms with Crippen LogP contribution in [0.25, 0.3) is 0 Å². The van der Waals surface area contributed by atoms with E-state index in [2.05, 4.69) is 84.9 Å². The van der Waals surface area contributed by atoms with Crippen LogP contribution in [0.3, 0.4) is 0 Å². The molecule has 2 aromatic rings. The molecule has 142 valence electrons. The predicted molar refractivity (Wildman–Crippen MR) is 117 cm³/mol.